The molecular weight excluding hydrogens is 350 g/mol. The lowest BCUT2D eigenvalue weighted by Gasteiger charge is -2.31. The molecule has 0 saturated carbocycles. The molecule has 2 aromatic carbocycles. The molecule has 1 aromatic heterocycles. The van der Waals surface area contributed by atoms with Gasteiger partial charge in [-0.1, -0.05) is 29.8 Å². The molecule has 26 heavy (non-hydrogen) atoms. The van der Waals surface area contributed by atoms with Crippen molar-refractivity contribution in [1.82, 2.24) is 9.88 Å². The van der Waals surface area contributed by atoms with Gasteiger partial charge in [-0.05, 0) is 49.6 Å². The number of nitrogens with one attached hydrogen (secondary N) is 1. The Kier molecular flexibility index (Phi) is 4.55. The molecule has 0 bridgehead atoms. The number of piperidine rings is 1. The second-order valence-electron chi connectivity index (χ2n) is 6.70. The van der Waals surface area contributed by atoms with Gasteiger partial charge in [0.15, 0.2) is 11.5 Å². The lowest BCUT2D eigenvalue weighted by Crippen LogP contribution is -2.41. The minimum absolute atomic E-state index is 0.114. The minimum Gasteiger partial charge on any atom is -0.440 e. The first-order valence-corrected chi connectivity index (χ1v) is 9.15. The first-order valence-electron chi connectivity index (χ1n) is 8.78. The molecule has 1 fully saturated rings. The Morgan fingerprint density at radius 1 is 1.31 bits per heavy atom. The molecule has 1 aliphatic rings. The summed E-state index contributed by atoms with van der Waals surface area (Å²) in [5.41, 5.74) is 3.34. The number of urea groups is 1. The largest absolute Gasteiger partial charge is 0.440 e. The van der Waals surface area contributed by atoms with Gasteiger partial charge in [-0.3, -0.25) is 0 Å². The van der Waals surface area contributed by atoms with Crippen molar-refractivity contribution in [3.05, 3.63) is 58.9 Å². The summed E-state index contributed by atoms with van der Waals surface area (Å²) >= 11 is 6.14. The maximum atomic E-state index is 12.6. The van der Waals surface area contributed by atoms with Crippen LogP contribution in [0.2, 0.25) is 5.02 Å². The van der Waals surface area contributed by atoms with Gasteiger partial charge in [0.1, 0.15) is 5.52 Å². The molecule has 1 aliphatic heterocycles. The topological polar surface area (TPSA) is 58.4 Å². The quantitative estimate of drug-likeness (QED) is 0.675. The third-order valence-electron chi connectivity index (χ3n) is 4.79. The summed E-state index contributed by atoms with van der Waals surface area (Å²) in [7, 11) is 0. The van der Waals surface area contributed by atoms with E-state index in [1.165, 1.54) is 0 Å². The van der Waals surface area contributed by atoms with Gasteiger partial charge in [-0.25, -0.2) is 9.78 Å². The number of fused-ring (bicyclic) bond motifs is 1. The van der Waals surface area contributed by atoms with Crippen LogP contribution in [0, 0.1) is 6.92 Å². The number of rotatable bonds is 2. The molecule has 4 rings (SSSR count). The van der Waals surface area contributed by atoms with E-state index in [1.54, 1.807) is 6.07 Å². The summed E-state index contributed by atoms with van der Waals surface area (Å²) in [4.78, 5) is 19.0. The van der Waals surface area contributed by atoms with E-state index >= 15 is 0 Å². The van der Waals surface area contributed by atoms with Crippen LogP contribution in [0.4, 0.5) is 10.5 Å². The van der Waals surface area contributed by atoms with Crippen LogP contribution in [0.1, 0.15) is 30.2 Å². The van der Waals surface area contributed by atoms with Gasteiger partial charge in [-0.2, -0.15) is 0 Å². The molecule has 0 radical (unpaired) electrons. The van der Waals surface area contributed by atoms with Crippen molar-refractivity contribution in [3.8, 4) is 0 Å². The molecule has 0 aliphatic carbocycles. The number of aromatic nitrogens is 1. The summed E-state index contributed by atoms with van der Waals surface area (Å²) < 4.78 is 5.90. The number of likely N-dealkylation sites (tertiary alicyclic amines) is 1. The monoisotopic (exact) mass is 369 g/mol. The maximum Gasteiger partial charge on any atom is 0.321 e. The number of hydrogen-bond acceptors (Lipinski definition) is 3. The van der Waals surface area contributed by atoms with Gasteiger partial charge in [0.25, 0.3) is 0 Å². The molecule has 1 saturated heterocycles. The first kappa shape index (κ1) is 16.9. The average Bonchev–Trinajstić information content (AvgIpc) is 3.09. The van der Waals surface area contributed by atoms with Crippen molar-refractivity contribution < 1.29 is 9.21 Å². The molecule has 134 valence electrons. The molecule has 1 unspecified atom stereocenters. The number of oxazole rings is 1. The molecule has 1 N–H and O–H groups in total. The molecule has 2 heterocycles. The van der Waals surface area contributed by atoms with Gasteiger partial charge >= 0.3 is 6.03 Å². The van der Waals surface area contributed by atoms with Crippen molar-refractivity contribution in [1.29, 1.82) is 0 Å². The molecule has 0 spiro atoms. The smallest absolute Gasteiger partial charge is 0.321 e. The molecule has 3 aromatic rings. The average molecular weight is 370 g/mol. The SMILES string of the molecule is Cc1ccc(NC(=O)N2CCCC(c3nc4ccccc4o3)C2)cc1Cl. The van der Waals surface area contributed by atoms with E-state index in [9.17, 15) is 4.79 Å². The summed E-state index contributed by atoms with van der Waals surface area (Å²) in [6.45, 7) is 3.25. The highest BCUT2D eigenvalue weighted by Crippen LogP contribution is 2.29. The maximum absolute atomic E-state index is 12.6. The van der Waals surface area contributed by atoms with E-state index in [2.05, 4.69) is 10.3 Å². The van der Waals surface area contributed by atoms with Crippen molar-refractivity contribution in [2.24, 2.45) is 0 Å². The number of nitrogens with zero attached hydrogens (tertiary/aromatic N) is 2. The van der Waals surface area contributed by atoms with E-state index in [-0.39, 0.29) is 11.9 Å². The van der Waals surface area contributed by atoms with Crippen molar-refractivity contribution >= 4 is 34.4 Å². The molecule has 6 heteroatoms. The van der Waals surface area contributed by atoms with Crippen LogP contribution < -0.4 is 5.32 Å². The zero-order chi connectivity index (χ0) is 18.1. The fraction of sp³-hybridized carbons (Fsp3) is 0.300. The van der Waals surface area contributed by atoms with Crippen molar-refractivity contribution in [2.45, 2.75) is 25.7 Å². The Bertz CT molecular complexity index is 920. The van der Waals surface area contributed by atoms with Crippen molar-refractivity contribution in [2.75, 3.05) is 18.4 Å². The van der Waals surface area contributed by atoms with Crippen LogP contribution in [0.3, 0.4) is 0 Å². The number of hydrogen-bond donors (Lipinski definition) is 1. The predicted octanol–water partition coefficient (Wildman–Crippen LogP) is 5.20. The summed E-state index contributed by atoms with van der Waals surface area (Å²) in [5.74, 6) is 0.825. The second-order valence-corrected chi connectivity index (χ2v) is 7.11. The first-order chi connectivity index (χ1) is 12.6. The number of carbonyl (C=O) groups excluding carboxylic acids is 1. The highest BCUT2D eigenvalue weighted by Gasteiger charge is 2.28. The number of anilines is 1. The molecular formula is C20H20ClN3O2. The Balaban J connectivity index is 1.47. The zero-order valence-corrected chi connectivity index (χ0v) is 15.3. The van der Waals surface area contributed by atoms with E-state index in [1.807, 2.05) is 48.2 Å². The van der Waals surface area contributed by atoms with Crippen LogP contribution in [-0.4, -0.2) is 29.0 Å². The summed E-state index contributed by atoms with van der Waals surface area (Å²) in [6, 6.07) is 13.2. The van der Waals surface area contributed by atoms with Gasteiger partial charge in [0.05, 0.1) is 5.92 Å². The van der Waals surface area contributed by atoms with Crippen LogP contribution in [0.25, 0.3) is 11.1 Å². The summed E-state index contributed by atoms with van der Waals surface area (Å²) in [6.07, 6.45) is 1.89. The Labute approximate surface area is 157 Å². The standard InChI is InChI=1S/C20H20ClN3O2/c1-13-8-9-15(11-16(13)21)22-20(25)24-10-4-5-14(12-24)19-23-17-6-2-3-7-18(17)26-19/h2-3,6-9,11,14H,4-5,10,12H2,1H3,(H,22,25). The predicted molar refractivity (Wildman–Crippen MR) is 103 cm³/mol. The van der Waals surface area contributed by atoms with Crippen LogP contribution in [-0.2, 0) is 0 Å². The highest BCUT2D eigenvalue weighted by molar-refractivity contribution is 6.31. The normalized spacial score (nSPS) is 17.5. The van der Waals surface area contributed by atoms with Gasteiger partial charge in [0.2, 0.25) is 0 Å². The third-order valence-corrected chi connectivity index (χ3v) is 5.20. The Hall–Kier alpha value is -2.53. The van der Waals surface area contributed by atoms with E-state index < -0.39 is 0 Å². The Morgan fingerprint density at radius 2 is 2.15 bits per heavy atom. The van der Waals surface area contributed by atoms with E-state index in [0.717, 1.165) is 36.0 Å². The molecule has 2 amide bonds. The Morgan fingerprint density at radius 3 is 2.96 bits per heavy atom. The lowest BCUT2D eigenvalue weighted by molar-refractivity contribution is 0.187. The molecule has 5 nitrogen and oxygen atoms in total. The fourth-order valence-electron chi connectivity index (χ4n) is 3.30. The zero-order valence-electron chi connectivity index (χ0n) is 14.5. The lowest BCUT2D eigenvalue weighted by atomic mass is 9.98. The number of para-hydroxylation sites is 2. The number of aryl methyl sites for hydroxylation is 1. The number of carbonyl (C=O) groups is 1. The van der Waals surface area contributed by atoms with Crippen LogP contribution >= 0.6 is 11.6 Å². The summed E-state index contributed by atoms with van der Waals surface area (Å²) in [5, 5.41) is 3.57. The van der Waals surface area contributed by atoms with Gasteiger partial charge < -0.3 is 14.6 Å². The van der Waals surface area contributed by atoms with Crippen LogP contribution in [0.15, 0.2) is 46.9 Å². The second kappa shape index (κ2) is 7.00. The van der Waals surface area contributed by atoms with Crippen molar-refractivity contribution in [3.63, 3.8) is 0 Å². The van der Waals surface area contributed by atoms with E-state index in [4.69, 9.17) is 16.0 Å². The third kappa shape index (κ3) is 3.40. The molecule has 1 atom stereocenters. The number of amides is 2. The minimum atomic E-state index is -0.120. The number of halogens is 1. The van der Waals surface area contributed by atoms with Crippen LogP contribution in [0.5, 0.6) is 0 Å². The number of benzene rings is 2. The van der Waals surface area contributed by atoms with Gasteiger partial charge in [0, 0.05) is 23.8 Å². The fourth-order valence-corrected chi connectivity index (χ4v) is 3.48. The van der Waals surface area contributed by atoms with Gasteiger partial charge in [-0.15, -0.1) is 0 Å². The highest BCUT2D eigenvalue weighted by atomic mass is 35.5. The van der Waals surface area contributed by atoms with E-state index in [0.29, 0.717) is 23.1 Å².